The predicted octanol–water partition coefficient (Wildman–Crippen LogP) is 2.94. The lowest BCUT2D eigenvalue weighted by Gasteiger charge is -2.03. The van der Waals surface area contributed by atoms with Crippen LogP contribution in [0.5, 0.6) is 17.2 Å². The molecule has 0 bridgehead atoms. The number of carboxylic acids is 1. The van der Waals surface area contributed by atoms with Crippen LogP contribution in [0.25, 0.3) is 6.08 Å². The Hall–Kier alpha value is -2.99. The van der Waals surface area contributed by atoms with Gasteiger partial charge in [0.05, 0.1) is 13.2 Å². The lowest BCUT2D eigenvalue weighted by Crippen LogP contribution is -1.88. The second-order valence-electron chi connectivity index (χ2n) is 4.87. The minimum atomic E-state index is -1.02. The molecule has 0 fully saturated rings. The van der Waals surface area contributed by atoms with E-state index in [0.29, 0.717) is 11.3 Å². The number of carboxylic acid groups (broad SMARTS) is 1. The number of benzene rings is 2. The van der Waals surface area contributed by atoms with Crippen molar-refractivity contribution in [3.05, 3.63) is 59.7 Å². The summed E-state index contributed by atoms with van der Waals surface area (Å²) >= 11 is 0. The number of phenols is 2. The molecule has 128 valence electrons. The number of hydrogen-bond acceptors (Lipinski definition) is 5. The van der Waals surface area contributed by atoms with E-state index in [9.17, 15) is 9.90 Å². The van der Waals surface area contributed by atoms with E-state index in [-0.39, 0.29) is 11.5 Å². The molecule has 0 radical (unpaired) electrons. The number of phenolic OH excluding ortho intramolecular Hbond substituents is 2. The SMILES string of the molecule is CC(O)c1ccc(O)cc1.COc1cc(C=CC(=O)O)ccc1O. The van der Waals surface area contributed by atoms with Gasteiger partial charge in [-0.15, -0.1) is 0 Å². The van der Waals surface area contributed by atoms with Crippen molar-refractivity contribution in [2.24, 2.45) is 0 Å². The van der Waals surface area contributed by atoms with Gasteiger partial charge in [0.25, 0.3) is 0 Å². The van der Waals surface area contributed by atoms with Crippen LogP contribution in [0.4, 0.5) is 0 Å². The average Bonchev–Trinajstić information content (AvgIpc) is 2.55. The fourth-order valence-corrected chi connectivity index (χ4v) is 1.72. The molecule has 0 amide bonds. The Labute approximate surface area is 139 Å². The third kappa shape index (κ3) is 6.41. The van der Waals surface area contributed by atoms with Crippen LogP contribution in [0.2, 0.25) is 0 Å². The van der Waals surface area contributed by atoms with Gasteiger partial charge in [0, 0.05) is 6.08 Å². The minimum absolute atomic E-state index is 0.0278. The van der Waals surface area contributed by atoms with Crippen LogP contribution >= 0.6 is 0 Å². The molecule has 6 heteroatoms. The maximum atomic E-state index is 10.2. The fourth-order valence-electron chi connectivity index (χ4n) is 1.72. The molecule has 24 heavy (non-hydrogen) atoms. The highest BCUT2D eigenvalue weighted by Crippen LogP contribution is 2.26. The van der Waals surface area contributed by atoms with E-state index in [0.717, 1.165) is 11.6 Å². The van der Waals surface area contributed by atoms with Gasteiger partial charge in [0.15, 0.2) is 11.5 Å². The van der Waals surface area contributed by atoms with E-state index >= 15 is 0 Å². The first-order valence-electron chi connectivity index (χ1n) is 7.08. The Morgan fingerprint density at radius 3 is 2.25 bits per heavy atom. The zero-order valence-electron chi connectivity index (χ0n) is 13.4. The summed E-state index contributed by atoms with van der Waals surface area (Å²) in [6.45, 7) is 1.69. The summed E-state index contributed by atoms with van der Waals surface area (Å²) in [5.74, 6) is -0.445. The van der Waals surface area contributed by atoms with Crippen molar-refractivity contribution >= 4 is 12.0 Å². The second kappa shape index (κ2) is 9.22. The molecule has 2 aromatic rings. The fraction of sp³-hybridized carbons (Fsp3) is 0.167. The predicted molar refractivity (Wildman–Crippen MR) is 90.1 cm³/mol. The molecule has 0 spiro atoms. The number of methoxy groups -OCH3 is 1. The highest BCUT2D eigenvalue weighted by molar-refractivity contribution is 5.85. The molecule has 0 aliphatic carbocycles. The second-order valence-corrected chi connectivity index (χ2v) is 4.87. The zero-order chi connectivity index (χ0) is 18.1. The van der Waals surface area contributed by atoms with Gasteiger partial charge in [0.1, 0.15) is 5.75 Å². The number of aromatic hydroxyl groups is 2. The molecule has 4 N–H and O–H groups in total. The number of rotatable bonds is 4. The molecule has 2 aromatic carbocycles. The van der Waals surface area contributed by atoms with Crippen molar-refractivity contribution in [2.45, 2.75) is 13.0 Å². The highest BCUT2D eigenvalue weighted by Gasteiger charge is 2.00. The third-order valence-corrected chi connectivity index (χ3v) is 3.00. The first kappa shape index (κ1) is 19.1. The molecular formula is C18H20O6. The molecule has 2 rings (SSSR count). The lowest BCUT2D eigenvalue weighted by molar-refractivity contribution is -0.131. The molecule has 0 saturated carbocycles. The number of carbonyl (C=O) groups is 1. The van der Waals surface area contributed by atoms with Crippen LogP contribution in [-0.2, 0) is 4.79 Å². The molecule has 0 aliphatic heterocycles. The van der Waals surface area contributed by atoms with Gasteiger partial charge in [-0.3, -0.25) is 0 Å². The molecule has 0 aromatic heterocycles. The van der Waals surface area contributed by atoms with E-state index in [2.05, 4.69) is 0 Å². The Bertz CT molecular complexity index is 689. The van der Waals surface area contributed by atoms with Gasteiger partial charge in [-0.05, 0) is 48.4 Å². The quantitative estimate of drug-likeness (QED) is 0.641. The Kier molecular flexibility index (Phi) is 7.32. The van der Waals surface area contributed by atoms with Crippen LogP contribution in [0, 0.1) is 0 Å². The Morgan fingerprint density at radius 1 is 1.12 bits per heavy atom. The number of aliphatic carboxylic acids is 1. The van der Waals surface area contributed by atoms with Crippen molar-refractivity contribution in [1.82, 2.24) is 0 Å². The number of aliphatic hydroxyl groups is 1. The summed E-state index contributed by atoms with van der Waals surface area (Å²) in [4.78, 5) is 10.2. The van der Waals surface area contributed by atoms with Crippen LogP contribution in [0.15, 0.2) is 48.5 Å². The first-order valence-corrected chi connectivity index (χ1v) is 7.08. The Balaban J connectivity index is 0.000000254. The van der Waals surface area contributed by atoms with Crippen LogP contribution in [0.3, 0.4) is 0 Å². The Morgan fingerprint density at radius 2 is 1.75 bits per heavy atom. The summed E-state index contributed by atoms with van der Waals surface area (Å²) in [6, 6.07) is 11.1. The van der Waals surface area contributed by atoms with Crippen LogP contribution in [-0.4, -0.2) is 33.5 Å². The van der Waals surface area contributed by atoms with Gasteiger partial charge in [-0.1, -0.05) is 18.2 Å². The molecule has 1 unspecified atom stereocenters. The zero-order valence-corrected chi connectivity index (χ0v) is 13.4. The molecular weight excluding hydrogens is 312 g/mol. The van der Waals surface area contributed by atoms with Crippen LogP contribution in [0.1, 0.15) is 24.2 Å². The summed E-state index contributed by atoms with van der Waals surface area (Å²) in [7, 11) is 1.43. The van der Waals surface area contributed by atoms with Crippen molar-refractivity contribution in [2.75, 3.05) is 7.11 Å². The summed E-state index contributed by atoms with van der Waals surface area (Å²) in [5.41, 5.74) is 1.47. The number of aliphatic hydroxyl groups excluding tert-OH is 1. The molecule has 0 heterocycles. The number of ether oxygens (including phenoxy) is 1. The van der Waals surface area contributed by atoms with E-state index < -0.39 is 12.1 Å². The topological polar surface area (TPSA) is 107 Å². The van der Waals surface area contributed by atoms with Crippen LogP contribution < -0.4 is 4.74 Å². The summed E-state index contributed by atoms with van der Waals surface area (Å²) in [5, 5.41) is 35.5. The minimum Gasteiger partial charge on any atom is -0.508 e. The van der Waals surface area contributed by atoms with E-state index in [1.165, 1.54) is 19.3 Å². The van der Waals surface area contributed by atoms with Crippen molar-refractivity contribution < 1.29 is 30.0 Å². The summed E-state index contributed by atoms with van der Waals surface area (Å²) in [6.07, 6.45) is 1.98. The smallest absolute Gasteiger partial charge is 0.328 e. The van der Waals surface area contributed by atoms with Gasteiger partial charge < -0.3 is 25.2 Å². The van der Waals surface area contributed by atoms with Gasteiger partial charge >= 0.3 is 5.97 Å². The molecule has 1 atom stereocenters. The normalized spacial score (nSPS) is 11.5. The van der Waals surface area contributed by atoms with E-state index in [1.807, 2.05) is 0 Å². The maximum Gasteiger partial charge on any atom is 0.328 e. The molecule has 6 nitrogen and oxygen atoms in total. The van der Waals surface area contributed by atoms with E-state index in [4.69, 9.17) is 20.1 Å². The third-order valence-electron chi connectivity index (χ3n) is 3.00. The lowest BCUT2D eigenvalue weighted by atomic mass is 10.1. The number of hydrogen-bond donors (Lipinski definition) is 4. The first-order chi connectivity index (χ1) is 11.3. The highest BCUT2D eigenvalue weighted by atomic mass is 16.5. The maximum absolute atomic E-state index is 10.2. The van der Waals surface area contributed by atoms with Gasteiger partial charge in [-0.2, -0.15) is 0 Å². The van der Waals surface area contributed by atoms with Crippen molar-refractivity contribution in [3.63, 3.8) is 0 Å². The van der Waals surface area contributed by atoms with Gasteiger partial charge in [-0.25, -0.2) is 4.79 Å². The molecule has 0 aliphatic rings. The summed E-state index contributed by atoms with van der Waals surface area (Å²) < 4.78 is 4.86. The van der Waals surface area contributed by atoms with Gasteiger partial charge in [0.2, 0.25) is 0 Å². The average molecular weight is 332 g/mol. The van der Waals surface area contributed by atoms with Crippen molar-refractivity contribution in [1.29, 1.82) is 0 Å². The monoisotopic (exact) mass is 332 g/mol. The molecule has 0 saturated heterocycles. The largest absolute Gasteiger partial charge is 0.508 e. The van der Waals surface area contributed by atoms with E-state index in [1.54, 1.807) is 43.3 Å². The van der Waals surface area contributed by atoms with Crippen molar-refractivity contribution in [3.8, 4) is 17.2 Å². The standard InChI is InChI=1S/C10H10O4.C8H10O2/c1-14-9-6-7(2-4-8(9)11)3-5-10(12)13;1-6(9)7-2-4-8(10)5-3-7/h2-6,11H,1H3,(H,12,13);2-6,9-10H,1H3.